The first-order chi connectivity index (χ1) is 7.88. The van der Waals surface area contributed by atoms with Crippen LogP contribution in [0, 0.1) is 0 Å². The van der Waals surface area contributed by atoms with Crippen LogP contribution in [0.15, 0.2) is 0 Å². The standard InChI is InChI=1S/C11H16ClN3O/c12-7-11-14-13-10(15(11)8-3-4-8)6-9-2-1-5-16-9/h8-9H,1-7H2. The monoisotopic (exact) mass is 241 g/mol. The molecular weight excluding hydrogens is 226 g/mol. The molecule has 1 aliphatic heterocycles. The van der Waals surface area contributed by atoms with Crippen LogP contribution in [0.1, 0.15) is 43.4 Å². The number of hydrogen-bond acceptors (Lipinski definition) is 3. The number of aromatic nitrogens is 3. The lowest BCUT2D eigenvalue weighted by atomic mass is 10.2. The molecule has 88 valence electrons. The number of ether oxygens (including phenoxy) is 1. The number of nitrogens with zero attached hydrogens (tertiary/aromatic N) is 3. The largest absolute Gasteiger partial charge is 0.378 e. The van der Waals surface area contributed by atoms with Crippen LogP contribution in [-0.2, 0) is 17.0 Å². The van der Waals surface area contributed by atoms with E-state index in [0.29, 0.717) is 18.0 Å². The van der Waals surface area contributed by atoms with Crippen molar-refractivity contribution < 1.29 is 4.74 Å². The van der Waals surface area contributed by atoms with Gasteiger partial charge in [0.1, 0.15) is 11.6 Å². The van der Waals surface area contributed by atoms with Gasteiger partial charge in [0.15, 0.2) is 0 Å². The maximum atomic E-state index is 5.88. The summed E-state index contributed by atoms with van der Waals surface area (Å²) in [6.07, 6.45) is 6.02. The Balaban J connectivity index is 1.79. The van der Waals surface area contributed by atoms with E-state index in [-0.39, 0.29) is 0 Å². The van der Waals surface area contributed by atoms with Gasteiger partial charge in [-0.05, 0) is 25.7 Å². The molecule has 1 atom stereocenters. The number of hydrogen-bond donors (Lipinski definition) is 0. The third-order valence-electron chi connectivity index (χ3n) is 3.30. The van der Waals surface area contributed by atoms with Crippen molar-refractivity contribution in [2.45, 2.75) is 50.1 Å². The third kappa shape index (κ3) is 1.96. The van der Waals surface area contributed by atoms with Gasteiger partial charge in [0.2, 0.25) is 0 Å². The molecule has 4 nitrogen and oxygen atoms in total. The molecule has 0 radical (unpaired) electrons. The summed E-state index contributed by atoms with van der Waals surface area (Å²) in [4.78, 5) is 0. The fraction of sp³-hybridized carbons (Fsp3) is 0.818. The first kappa shape index (κ1) is 10.5. The fourth-order valence-electron chi connectivity index (χ4n) is 2.35. The summed E-state index contributed by atoms with van der Waals surface area (Å²) in [5, 5.41) is 8.42. The van der Waals surface area contributed by atoms with Gasteiger partial charge >= 0.3 is 0 Å². The van der Waals surface area contributed by atoms with E-state index in [1.165, 1.54) is 19.3 Å². The maximum absolute atomic E-state index is 5.88. The van der Waals surface area contributed by atoms with Crippen LogP contribution in [0.2, 0.25) is 0 Å². The molecule has 1 unspecified atom stereocenters. The molecule has 2 fully saturated rings. The van der Waals surface area contributed by atoms with Gasteiger partial charge in [0.25, 0.3) is 0 Å². The Hall–Kier alpha value is -0.610. The van der Waals surface area contributed by atoms with E-state index in [9.17, 15) is 0 Å². The van der Waals surface area contributed by atoms with Crippen molar-refractivity contribution in [3.8, 4) is 0 Å². The normalized spacial score (nSPS) is 25.2. The van der Waals surface area contributed by atoms with Crippen LogP contribution in [0.4, 0.5) is 0 Å². The number of halogens is 1. The third-order valence-corrected chi connectivity index (χ3v) is 3.54. The minimum atomic E-state index is 0.338. The molecule has 0 bridgehead atoms. The molecule has 2 heterocycles. The first-order valence-electron chi connectivity index (χ1n) is 5.98. The van der Waals surface area contributed by atoms with Crippen molar-refractivity contribution in [2.75, 3.05) is 6.61 Å². The molecule has 1 saturated heterocycles. The lowest BCUT2D eigenvalue weighted by Gasteiger charge is -2.11. The zero-order valence-corrected chi connectivity index (χ0v) is 9.99. The molecule has 0 amide bonds. The lowest BCUT2D eigenvalue weighted by Crippen LogP contribution is -2.14. The minimum absolute atomic E-state index is 0.338. The van der Waals surface area contributed by atoms with Crippen molar-refractivity contribution in [1.29, 1.82) is 0 Å². The highest BCUT2D eigenvalue weighted by atomic mass is 35.5. The summed E-state index contributed by atoms with van der Waals surface area (Å²) in [5.74, 6) is 2.43. The van der Waals surface area contributed by atoms with Gasteiger partial charge in [-0.2, -0.15) is 0 Å². The quantitative estimate of drug-likeness (QED) is 0.758. The molecule has 0 N–H and O–H groups in total. The Bertz CT molecular complexity index is 369. The van der Waals surface area contributed by atoms with Crippen molar-refractivity contribution in [3.63, 3.8) is 0 Å². The molecule has 1 saturated carbocycles. The lowest BCUT2D eigenvalue weighted by molar-refractivity contribution is 0.109. The predicted molar refractivity (Wildman–Crippen MR) is 60.5 cm³/mol. The van der Waals surface area contributed by atoms with Gasteiger partial charge in [0, 0.05) is 19.1 Å². The van der Waals surface area contributed by atoms with E-state index in [0.717, 1.165) is 31.1 Å². The number of alkyl halides is 1. The van der Waals surface area contributed by atoms with E-state index in [1.807, 2.05) is 0 Å². The van der Waals surface area contributed by atoms with Gasteiger partial charge in [0.05, 0.1) is 12.0 Å². The van der Waals surface area contributed by atoms with Crippen LogP contribution in [0.5, 0.6) is 0 Å². The molecule has 0 spiro atoms. The summed E-state index contributed by atoms with van der Waals surface area (Å²) < 4.78 is 7.87. The van der Waals surface area contributed by atoms with Crippen LogP contribution in [0.25, 0.3) is 0 Å². The number of rotatable bonds is 4. The molecule has 3 rings (SSSR count). The van der Waals surface area contributed by atoms with Gasteiger partial charge < -0.3 is 9.30 Å². The summed E-state index contributed by atoms with van der Waals surface area (Å²) in [5.41, 5.74) is 0. The highest BCUT2D eigenvalue weighted by Gasteiger charge is 2.30. The summed E-state index contributed by atoms with van der Waals surface area (Å²) in [6.45, 7) is 0.893. The highest BCUT2D eigenvalue weighted by Crippen LogP contribution is 2.37. The predicted octanol–water partition coefficient (Wildman–Crippen LogP) is 2.07. The molecule has 16 heavy (non-hydrogen) atoms. The van der Waals surface area contributed by atoms with Crippen LogP contribution in [-0.4, -0.2) is 27.5 Å². The topological polar surface area (TPSA) is 39.9 Å². The van der Waals surface area contributed by atoms with Crippen molar-refractivity contribution in [1.82, 2.24) is 14.8 Å². The Morgan fingerprint density at radius 3 is 2.69 bits per heavy atom. The zero-order valence-electron chi connectivity index (χ0n) is 9.23. The van der Waals surface area contributed by atoms with Gasteiger partial charge in [-0.3, -0.25) is 0 Å². The molecular formula is C11H16ClN3O. The average Bonchev–Trinajstić information content (AvgIpc) is 2.86. The van der Waals surface area contributed by atoms with Crippen LogP contribution in [0.3, 0.4) is 0 Å². The highest BCUT2D eigenvalue weighted by molar-refractivity contribution is 6.16. The van der Waals surface area contributed by atoms with Crippen LogP contribution >= 0.6 is 11.6 Å². The van der Waals surface area contributed by atoms with Crippen LogP contribution < -0.4 is 0 Å². The SMILES string of the molecule is ClCc1nnc(CC2CCCO2)n1C1CC1. The van der Waals surface area contributed by atoms with Crippen molar-refractivity contribution in [3.05, 3.63) is 11.6 Å². The van der Waals surface area contributed by atoms with Gasteiger partial charge in [-0.25, -0.2) is 0 Å². The Morgan fingerprint density at radius 2 is 2.06 bits per heavy atom. The van der Waals surface area contributed by atoms with Gasteiger partial charge in [-0.1, -0.05) is 0 Å². The van der Waals surface area contributed by atoms with E-state index in [1.54, 1.807) is 0 Å². The zero-order chi connectivity index (χ0) is 11.0. The average molecular weight is 242 g/mol. The molecule has 1 aromatic heterocycles. The summed E-state index contributed by atoms with van der Waals surface area (Å²) in [7, 11) is 0. The molecule has 5 heteroatoms. The van der Waals surface area contributed by atoms with Crippen molar-refractivity contribution >= 4 is 11.6 Å². The molecule has 1 aliphatic carbocycles. The Kier molecular flexibility index (Phi) is 2.86. The molecule has 1 aromatic rings. The van der Waals surface area contributed by atoms with E-state index in [4.69, 9.17) is 16.3 Å². The maximum Gasteiger partial charge on any atom is 0.148 e. The van der Waals surface area contributed by atoms with E-state index >= 15 is 0 Å². The second-order valence-electron chi connectivity index (χ2n) is 4.61. The van der Waals surface area contributed by atoms with E-state index < -0.39 is 0 Å². The summed E-state index contributed by atoms with van der Waals surface area (Å²) >= 11 is 5.88. The molecule has 2 aliphatic rings. The fourth-order valence-corrected chi connectivity index (χ4v) is 2.54. The Labute approximate surface area is 99.9 Å². The molecule has 0 aromatic carbocycles. The Morgan fingerprint density at radius 1 is 1.25 bits per heavy atom. The summed E-state index contributed by atoms with van der Waals surface area (Å²) in [6, 6.07) is 0.597. The second kappa shape index (κ2) is 4.34. The van der Waals surface area contributed by atoms with Gasteiger partial charge in [-0.15, -0.1) is 21.8 Å². The van der Waals surface area contributed by atoms with Crippen molar-refractivity contribution in [2.24, 2.45) is 0 Å². The second-order valence-corrected chi connectivity index (χ2v) is 4.87. The first-order valence-corrected chi connectivity index (χ1v) is 6.52. The minimum Gasteiger partial charge on any atom is -0.378 e. The smallest absolute Gasteiger partial charge is 0.148 e. The van der Waals surface area contributed by atoms with E-state index in [2.05, 4.69) is 14.8 Å².